The maximum absolute atomic E-state index is 5.64. The monoisotopic (exact) mass is 242 g/mol. The Morgan fingerprint density at radius 3 is 3.00 bits per heavy atom. The Balaban J connectivity index is 1.78. The quantitative estimate of drug-likeness (QED) is 0.848. The predicted molar refractivity (Wildman–Crippen MR) is 63.6 cm³/mol. The van der Waals surface area contributed by atoms with Gasteiger partial charge in [0.2, 0.25) is 0 Å². The Labute approximate surface area is 100.0 Å². The number of nitrogens with one attached hydrogen (secondary N) is 1. The summed E-state index contributed by atoms with van der Waals surface area (Å²) in [4.78, 5) is 4.24. The van der Waals surface area contributed by atoms with Gasteiger partial charge < -0.3 is 14.8 Å². The summed E-state index contributed by atoms with van der Waals surface area (Å²) in [6.45, 7) is 3.28. The number of aromatic nitrogens is 1. The second kappa shape index (κ2) is 5.72. The Morgan fingerprint density at radius 1 is 1.56 bits per heavy atom. The Kier molecular flexibility index (Phi) is 4.29. The third kappa shape index (κ3) is 3.01. The zero-order valence-electron chi connectivity index (χ0n) is 9.57. The third-order valence-corrected chi connectivity index (χ3v) is 3.71. The maximum atomic E-state index is 5.64. The summed E-state index contributed by atoms with van der Waals surface area (Å²) in [5.41, 5.74) is 2.91. The van der Waals surface area contributed by atoms with Crippen LogP contribution in [0.2, 0.25) is 0 Å². The first kappa shape index (κ1) is 12.0. The lowest BCUT2D eigenvalue weighted by Gasteiger charge is -2.36. The lowest BCUT2D eigenvalue weighted by Crippen LogP contribution is -2.46. The van der Waals surface area contributed by atoms with Crippen LogP contribution < -0.4 is 5.32 Å². The van der Waals surface area contributed by atoms with Gasteiger partial charge in [0.1, 0.15) is 0 Å². The van der Waals surface area contributed by atoms with E-state index in [1.807, 2.05) is 5.51 Å². The minimum atomic E-state index is -0.0473. The first-order valence-electron chi connectivity index (χ1n) is 5.55. The van der Waals surface area contributed by atoms with Gasteiger partial charge in [0, 0.05) is 51.6 Å². The van der Waals surface area contributed by atoms with Crippen LogP contribution >= 0.6 is 11.3 Å². The second-order valence-electron chi connectivity index (χ2n) is 4.08. The van der Waals surface area contributed by atoms with E-state index in [4.69, 9.17) is 9.47 Å². The molecule has 2 heterocycles. The van der Waals surface area contributed by atoms with Gasteiger partial charge in [0.25, 0.3) is 0 Å². The van der Waals surface area contributed by atoms with Crippen molar-refractivity contribution < 1.29 is 9.47 Å². The van der Waals surface area contributed by atoms with Gasteiger partial charge in [-0.3, -0.25) is 0 Å². The minimum absolute atomic E-state index is 0.0473. The maximum Gasteiger partial charge on any atom is 0.0846 e. The first-order chi connectivity index (χ1) is 7.85. The van der Waals surface area contributed by atoms with E-state index in [0.717, 1.165) is 44.8 Å². The number of rotatable bonds is 5. The number of hydrogen-bond acceptors (Lipinski definition) is 5. The van der Waals surface area contributed by atoms with Crippen LogP contribution in [0.3, 0.4) is 0 Å². The molecule has 1 aromatic rings. The molecule has 1 aliphatic rings. The molecule has 0 atom stereocenters. The molecule has 2 rings (SSSR count). The molecule has 1 fully saturated rings. The van der Waals surface area contributed by atoms with E-state index >= 15 is 0 Å². The summed E-state index contributed by atoms with van der Waals surface area (Å²) in [7, 11) is 1.79. The molecule has 0 unspecified atom stereocenters. The van der Waals surface area contributed by atoms with Crippen molar-refractivity contribution in [2.45, 2.75) is 25.0 Å². The van der Waals surface area contributed by atoms with Gasteiger partial charge >= 0.3 is 0 Å². The molecule has 0 spiro atoms. The summed E-state index contributed by atoms with van der Waals surface area (Å²) in [5.74, 6) is 0. The molecule has 1 N–H and O–H groups in total. The molecule has 1 saturated heterocycles. The SMILES string of the molecule is COC1(CNCc2cscn2)CCOCC1. The molecule has 16 heavy (non-hydrogen) atoms. The topological polar surface area (TPSA) is 43.4 Å². The van der Waals surface area contributed by atoms with Crippen LogP contribution in [0.15, 0.2) is 10.9 Å². The van der Waals surface area contributed by atoms with Crippen molar-refractivity contribution in [3.63, 3.8) is 0 Å². The molecule has 0 amide bonds. The third-order valence-electron chi connectivity index (χ3n) is 3.07. The second-order valence-corrected chi connectivity index (χ2v) is 4.80. The van der Waals surface area contributed by atoms with Gasteiger partial charge in [-0.1, -0.05) is 0 Å². The van der Waals surface area contributed by atoms with E-state index in [1.165, 1.54) is 0 Å². The zero-order chi connectivity index (χ0) is 11.3. The first-order valence-corrected chi connectivity index (χ1v) is 6.50. The molecule has 5 heteroatoms. The van der Waals surface area contributed by atoms with E-state index < -0.39 is 0 Å². The Morgan fingerprint density at radius 2 is 2.38 bits per heavy atom. The fourth-order valence-electron chi connectivity index (χ4n) is 1.94. The van der Waals surface area contributed by atoms with Crippen molar-refractivity contribution in [3.05, 3.63) is 16.6 Å². The lowest BCUT2D eigenvalue weighted by molar-refractivity contribution is -0.0877. The van der Waals surface area contributed by atoms with Crippen molar-refractivity contribution in [2.24, 2.45) is 0 Å². The average molecular weight is 242 g/mol. The van der Waals surface area contributed by atoms with Gasteiger partial charge in [-0.05, 0) is 0 Å². The molecule has 0 aromatic carbocycles. The molecular formula is C11H18N2O2S. The van der Waals surface area contributed by atoms with Crippen LogP contribution in [0.25, 0.3) is 0 Å². The number of ether oxygens (including phenoxy) is 2. The average Bonchev–Trinajstić information content (AvgIpc) is 2.83. The van der Waals surface area contributed by atoms with Crippen LogP contribution in [0.4, 0.5) is 0 Å². The molecule has 0 saturated carbocycles. The number of thiazole rings is 1. The summed E-state index contributed by atoms with van der Waals surface area (Å²) in [6.07, 6.45) is 1.93. The smallest absolute Gasteiger partial charge is 0.0846 e. The number of nitrogens with zero attached hydrogens (tertiary/aromatic N) is 1. The highest BCUT2D eigenvalue weighted by Crippen LogP contribution is 2.23. The van der Waals surface area contributed by atoms with Gasteiger partial charge in [-0.25, -0.2) is 4.98 Å². The number of methoxy groups -OCH3 is 1. The van der Waals surface area contributed by atoms with Gasteiger partial charge in [0.15, 0.2) is 0 Å². The van der Waals surface area contributed by atoms with Crippen LogP contribution in [0.1, 0.15) is 18.5 Å². The molecule has 1 aromatic heterocycles. The normalized spacial score (nSPS) is 19.8. The highest BCUT2D eigenvalue weighted by atomic mass is 32.1. The zero-order valence-corrected chi connectivity index (χ0v) is 10.4. The summed E-state index contributed by atoms with van der Waals surface area (Å²) < 4.78 is 11.0. The van der Waals surface area contributed by atoms with Crippen LogP contribution in [0, 0.1) is 0 Å². The van der Waals surface area contributed by atoms with Crippen molar-refractivity contribution in [1.29, 1.82) is 0 Å². The molecule has 0 radical (unpaired) electrons. The number of hydrogen-bond donors (Lipinski definition) is 1. The summed E-state index contributed by atoms with van der Waals surface area (Å²) in [6, 6.07) is 0. The van der Waals surface area contributed by atoms with Crippen LogP contribution in [-0.4, -0.2) is 37.5 Å². The van der Waals surface area contributed by atoms with E-state index in [-0.39, 0.29) is 5.60 Å². The van der Waals surface area contributed by atoms with E-state index in [2.05, 4.69) is 15.7 Å². The van der Waals surface area contributed by atoms with E-state index in [0.29, 0.717) is 0 Å². The van der Waals surface area contributed by atoms with Crippen LogP contribution in [-0.2, 0) is 16.0 Å². The largest absolute Gasteiger partial charge is 0.381 e. The molecule has 1 aliphatic heterocycles. The molecule has 4 nitrogen and oxygen atoms in total. The molecular weight excluding hydrogens is 224 g/mol. The highest BCUT2D eigenvalue weighted by Gasteiger charge is 2.31. The van der Waals surface area contributed by atoms with Crippen molar-refractivity contribution >= 4 is 11.3 Å². The van der Waals surface area contributed by atoms with Gasteiger partial charge in [-0.15, -0.1) is 11.3 Å². The minimum Gasteiger partial charge on any atom is -0.381 e. The predicted octanol–water partition coefficient (Wildman–Crippen LogP) is 1.43. The fraction of sp³-hybridized carbons (Fsp3) is 0.727. The molecule has 0 aliphatic carbocycles. The Bertz CT molecular complexity index is 297. The van der Waals surface area contributed by atoms with E-state index in [9.17, 15) is 0 Å². The summed E-state index contributed by atoms with van der Waals surface area (Å²) in [5, 5.41) is 5.48. The standard InChI is InChI=1S/C11H18N2O2S/c1-14-11(2-4-15-5-3-11)8-12-6-10-7-16-9-13-10/h7,9,12H,2-6,8H2,1H3. The van der Waals surface area contributed by atoms with E-state index in [1.54, 1.807) is 18.4 Å². The fourth-order valence-corrected chi connectivity index (χ4v) is 2.50. The molecule has 90 valence electrons. The van der Waals surface area contributed by atoms with Gasteiger partial charge in [0.05, 0.1) is 16.8 Å². The van der Waals surface area contributed by atoms with Crippen molar-refractivity contribution in [2.75, 3.05) is 26.9 Å². The Hall–Kier alpha value is -0.490. The van der Waals surface area contributed by atoms with Gasteiger partial charge in [-0.2, -0.15) is 0 Å². The van der Waals surface area contributed by atoms with Crippen LogP contribution in [0.5, 0.6) is 0 Å². The van der Waals surface area contributed by atoms with Crippen molar-refractivity contribution in [3.8, 4) is 0 Å². The van der Waals surface area contributed by atoms with Crippen molar-refractivity contribution in [1.82, 2.24) is 10.3 Å². The lowest BCUT2D eigenvalue weighted by atomic mass is 9.94. The summed E-state index contributed by atoms with van der Waals surface area (Å²) >= 11 is 1.63. The highest BCUT2D eigenvalue weighted by molar-refractivity contribution is 7.07. The molecule has 0 bridgehead atoms.